The summed E-state index contributed by atoms with van der Waals surface area (Å²) in [5, 5.41) is 18.0. The molecule has 0 aliphatic heterocycles. The van der Waals surface area contributed by atoms with Gasteiger partial charge in [-0.15, -0.1) is 10.2 Å². The molecule has 5 aromatic rings. The minimum Gasteiger partial charge on any atom is -0.620 e. The van der Waals surface area contributed by atoms with Crippen LogP contribution in [0.3, 0.4) is 0 Å². The van der Waals surface area contributed by atoms with Gasteiger partial charge in [0, 0.05) is 6.07 Å². The Bertz CT molecular complexity index is 1520. The number of carbonyl (C=O) groups excluding carboxylic acids is 1. The molecule has 0 saturated carbocycles. The van der Waals surface area contributed by atoms with E-state index in [1.165, 1.54) is 11.6 Å². The van der Waals surface area contributed by atoms with Crippen LogP contribution < -0.4 is 61.6 Å². The zero-order valence-electron chi connectivity index (χ0n) is 20.3. The quantitative estimate of drug-likeness (QED) is 0.234. The van der Waals surface area contributed by atoms with E-state index in [0.29, 0.717) is 23.3 Å². The normalized spacial score (nSPS) is 10.6. The number of nitrogens with zero attached hydrogens (tertiary/aromatic N) is 4. The van der Waals surface area contributed by atoms with Crippen LogP contribution in [0.2, 0.25) is 0 Å². The molecule has 1 N–H and O–H groups in total. The molecule has 37 heavy (non-hydrogen) atoms. The summed E-state index contributed by atoms with van der Waals surface area (Å²) >= 11 is 0. The zero-order valence-corrected chi connectivity index (χ0v) is 23.4. The molecule has 10 heteroatoms. The maximum Gasteiger partial charge on any atom is 1.00 e. The van der Waals surface area contributed by atoms with E-state index in [0.717, 1.165) is 19.3 Å². The van der Waals surface area contributed by atoms with Crippen molar-refractivity contribution in [2.24, 2.45) is 0 Å². The number of hydrogen-bond donors (Lipinski definition) is 1. The standard InChI is InChI=1S/C27H23N5O4.K/c33-23-17-24(26-29-31-32-30-26)36-25-21(23)10-6-11-22(25)28-27(34)19-12-14-20(15-13-19)35-16-5-4-9-18-7-2-1-3-8-18;/h1-3,6-8,10-15,17H,4-5,9,16H2,(H2,28,29,30,31,32,33,34);/q;+1/p-1. The van der Waals surface area contributed by atoms with Gasteiger partial charge in [-0.2, -0.15) is 5.21 Å². The number of nitrogens with one attached hydrogen (secondary N) is 1. The summed E-state index contributed by atoms with van der Waals surface area (Å²) in [4.78, 5) is 25.4. The van der Waals surface area contributed by atoms with Crippen LogP contribution in [-0.2, 0) is 6.42 Å². The van der Waals surface area contributed by atoms with Crippen molar-refractivity contribution in [1.82, 2.24) is 20.6 Å². The molecule has 0 bridgehead atoms. The molecule has 9 nitrogen and oxygen atoms in total. The van der Waals surface area contributed by atoms with E-state index in [1.54, 1.807) is 42.5 Å². The molecule has 180 valence electrons. The number of aryl methyl sites for hydroxylation is 1. The number of fused-ring (bicyclic) bond motifs is 1. The van der Waals surface area contributed by atoms with Gasteiger partial charge in [-0.05, 0) is 65.9 Å². The molecule has 0 unspecified atom stereocenters. The Morgan fingerprint density at radius 2 is 1.78 bits per heavy atom. The Morgan fingerprint density at radius 3 is 2.54 bits per heavy atom. The first-order valence-electron chi connectivity index (χ1n) is 11.5. The van der Waals surface area contributed by atoms with Crippen molar-refractivity contribution in [1.29, 1.82) is 0 Å². The number of ether oxygens (including phenoxy) is 1. The van der Waals surface area contributed by atoms with Crippen molar-refractivity contribution in [3.63, 3.8) is 0 Å². The molecule has 2 heterocycles. The van der Waals surface area contributed by atoms with Crippen molar-refractivity contribution < 1.29 is 65.3 Å². The largest absolute Gasteiger partial charge is 1.00 e. The molecule has 0 aliphatic carbocycles. The van der Waals surface area contributed by atoms with Crippen LogP contribution in [-0.4, -0.2) is 33.1 Å². The van der Waals surface area contributed by atoms with E-state index in [9.17, 15) is 9.59 Å². The van der Waals surface area contributed by atoms with Crippen molar-refractivity contribution in [3.8, 4) is 17.3 Å². The van der Waals surface area contributed by atoms with Gasteiger partial charge in [0.05, 0.1) is 17.9 Å². The van der Waals surface area contributed by atoms with E-state index in [-0.39, 0.29) is 79.7 Å². The van der Waals surface area contributed by atoms with Gasteiger partial charge in [0.1, 0.15) is 11.3 Å². The molecule has 0 aliphatic rings. The van der Waals surface area contributed by atoms with E-state index in [1.807, 2.05) is 18.2 Å². The van der Waals surface area contributed by atoms with Gasteiger partial charge in [0.2, 0.25) is 5.82 Å². The van der Waals surface area contributed by atoms with E-state index in [4.69, 9.17) is 9.15 Å². The molecule has 2 aromatic heterocycles. The second-order valence-electron chi connectivity index (χ2n) is 8.10. The fourth-order valence-corrected chi connectivity index (χ4v) is 3.76. The number of tetrazole rings is 1. The van der Waals surface area contributed by atoms with E-state index in [2.05, 4.69) is 38.1 Å². The fraction of sp³-hybridized carbons (Fsp3) is 0.148. The number of para-hydroxylation sites is 1. The van der Waals surface area contributed by atoms with Crippen molar-refractivity contribution in [2.45, 2.75) is 19.3 Å². The summed E-state index contributed by atoms with van der Waals surface area (Å²) < 4.78 is 11.6. The van der Waals surface area contributed by atoms with Gasteiger partial charge in [0.15, 0.2) is 11.2 Å². The second kappa shape index (κ2) is 12.9. The third kappa shape index (κ3) is 6.79. The minimum atomic E-state index is -0.468. The predicted octanol–water partition coefficient (Wildman–Crippen LogP) is 2.22. The Morgan fingerprint density at radius 1 is 0.973 bits per heavy atom. The van der Waals surface area contributed by atoms with Gasteiger partial charge in [-0.25, -0.2) is 0 Å². The maximum atomic E-state index is 12.8. The number of aromatic amines is 1. The van der Waals surface area contributed by atoms with Crippen LogP contribution in [0, 0.1) is 0 Å². The topological polar surface area (TPSA) is 125 Å². The first-order valence-corrected chi connectivity index (χ1v) is 11.5. The molecular weight excluding hydrogens is 497 g/mol. The summed E-state index contributed by atoms with van der Waals surface area (Å²) in [5.41, 5.74) is 1.82. The number of rotatable bonds is 9. The van der Waals surface area contributed by atoms with Gasteiger partial charge >= 0.3 is 51.4 Å². The monoisotopic (exact) mass is 519 g/mol. The molecule has 0 radical (unpaired) electrons. The van der Waals surface area contributed by atoms with Crippen LogP contribution in [0.5, 0.6) is 5.75 Å². The third-order valence-corrected chi connectivity index (χ3v) is 5.59. The first kappa shape index (κ1) is 26.9. The number of amides is 1. The second-order valence-corrected chi connectivity index (χ2v) is 8.10. The van der Waals surface area contributed by atoms with E-state index >= 15 is 0 Å². The molecular formula is C27H22KN5O4. The van der Waals surface area contributed by atoms with Gasteiger partial charge in [-0.3, -0.25) is 4.79 Å². The summed E-state index contributed by atoms with van der Waals surface area (Å²) in [6, 6.07) is 23.3. The van der Waals surface area contributed by atoms with Crippen LogP contribution in [0.25, 0.3) is 27.9 Å². The van der Waals surface area contributed by atoms with Gasteiger partial charge in [0.25, 0.3) is 0 Å². The zero-order chi connectivity index (χ0) is 24.7. The number of hydrogen-bond acceptors (Lipinski definition) is 7. The molecule has 0 atom stereocenters. The van der Waals surface area contributed by atoms with Crippen molar-refractivity contribution in [3.05, 3.63) is 106 Å². The Kier molecular flexibility index (Phi) is 9.37. The third-order valence-electron chi connectivity index (χ3n) is 5.59. The molecule has 1 amide bonds. The fourth-order valence-electron chi connectivity index (χ4n) is 3.76. The van der Waals surface area contributed by atoms with Crippen LogP contribution >= 0.6 is 0 Å². The van der Waals surface area contributed by atoms with Crippen molar-refractivity contribution in [2.75, 3.05) is 6.61 Å². The summed E-state index contributed by atoms with van der Waals surface area (Å²) in [5.74, 6) is 0.476. The molecule has 5 rings (SSSR count). The number of aromatic nitrogens is 4. The summed E-state index contributed by atoms with van der Waals surface area (Å²) in [7, 11) is 0. The smallest absolute Gasteiger partial charge is 0.620 e. The number of carbonyl (C=O) groups is 1. The van der Waals surface area contributed by atoms with Crippen LogP contribution in [0.1, 0.15) is 28.8 Å². The van der Waals surface area contributed by atoms with Gasteiger partial charge in [-0.1, -0.05) is 48.2 Å². The molecule has 0 saturated heterocycles. The Labute approximate surface area is 255 Å². The van der Waals surface area contributed by atoms with E-state index < -0.39 is 5.91 Å². The number of unbranched alkanes of at least 4 members (excludes halogenated alkanes) is 1. The van der Waals surface area contributed by atoms with Gasteiger partial charge < -0.3 is 19.3 Å². The van der Waals surface area contributed by atoms with Crippen LogP contribution in [0.4, 0.5) is 5.69 Å². The molecule has 3 aromatic carbocycles. The minimum absolute atomic E-state index is 0. The van der Waals surface area contributed by atoms with Crippen molar-refractivity contribution >= 4 is 22.6 Å². The average Bonchev–Trinajstić information content (AvgIpc) is 3.45. The SMILES string of the molecule is O=C([N-]c1cccc2c(=O)cc(-c3nn[nH]n3)oc12)c1ccc(OCCCCc2ccccc2)cc1.[K+]. The average molecular weight is 520 g/mol. The Balaban J connectivity index is 0.00000320. The molecule has 0 spiro atoms. The predicted molar refractivity (Wildman–Crippen MR) is 134 cm³/mol. The number of H-pyrrole nitrogens is 1. The maximum absolute atomic E-state index is 12.8. The summed E-state index contributed by atoms with van der Waals surface area (Å²) in [6.07, 6.45) is 2.99. The first-order chi connectivity index (χ1) is 17.7. The molecule has 0 fully saturated rings. The summed E-state index contributed by atoms with van der Waals surface area (Å²) in [6.45, 7) is 0.599. The number of benzene rings is 3. The Hall–Kier alpha value is -3.15. The van der Waals surface area contributed by atoms with Crippen LogP contribution in [0.15, 0.2) is 88.1 Å².